The van der Waals surface area contributed by atoms with Gasteiger partial charge in [0.1, 0.15) is 0 Å². The second-order valence-corrected chi connectivity index (χ2v) is 4.33. The molecule has 1 aromatic carbocycles. The smallest absolute Gasteiger partial charge is 0.167 e. The lowest BCUT2D eigenvalue weighted by molar-refractivity contribution is 0.630. The van der Waals surface area contributed by atoms with E-state index in [-0.39, 0.29) is 0 Å². The maximum absolute atomic E-state index is 4.18. The summed E-state index contributed by atoms with van der Waals surface area (Å²) >= 11 is 1.69. The lowest BCUT2D eigenvalue weighted by atomic mass is 10.2. The lowest BCUT2D eigenvalue weighted by Gasteiger charge is -1.82. The van der Waals surface area contributed by atoms with Crippen molar-refractivity contribution < 1.29 is 0 Å². The zero-order valence-electron chi connectivity index (χ0n) is 8.08. The van der Waals surface area contributed by atoms with Gasteiger partial charge in [-0.05, 0) is 22.7 Å². The van der Waals surface area contributed by atoms with Gasteiger partial charge in [-0.15, -0.1) is 21.5 Å². The molecule has 0 aliphatic rings. The first-order valence-electron chi connectivity index (χ1n) is 4.56. The highest BCUT2D eigenvalue weighted by Gasteiger charge is 2.08. The van der Waals surface area contributed by atoms with Gasteiger partial charge in [0, 0.05) is 4.70 Å². The Morgan fingerprint density at radius 2 is 2.13 bits per heavy atom. The summed E-state index contributed by atoms with van der Waals surface area (Å²) in [5.41, 5.74) is 0. The van der Waals surface area contributed by atoms with Crippen LogP contribution in [0.25, 0.3) is 20.8 Å². The van der Waals surface area contributed by atoms with Gasteiger partial charge < -0.3 is 0 Å². The fourth-order valence-corrected chi connectivity index (χ4v) is 2.46. The molecule has 3 rings (SSSR count). The Balaban J connectivity index is 2.19. The first-order chi connectivity index (χ1) is 7.33. The fraction of sp³-hybridized carbons (Fsp3) is 0.100. The van der Waals surface area contributed by atoms with Gasteiger partial charge >= 0.3 is 0 Å². The van der Waals surface area contributed by atoms with E-state index in [1.807, 2.05) is 12.1 Å². The summed E-state index contributed by atoms with van der Waals surface area (Å²) in [6.07, 6.45) is 0. The van der Waals surface area contributed by atoms with Gasteiger partial charge in [0.2, 0.25) is 5.82 Å². The first-order valence-corrected chi connectivity index (χ1v) is 5.37. The summed E-state index contributed by atoms with van der Waals surface area (Å²) in [7, 11) is 1.77. The molecular formula is C10H8N4S. The van der Waals surface area contributed by atoms with E-state index < -0.39 is 0 Å². The normalized spacial score (nSPS) is 11.0. The number of aryl methyl sites for hydroxylation is 1. The molecule has 2 aromatic heterocycles. The highest BCUT2D eigenvalue weighted by Crippen LogP contribution is 2.30. The summed E-state index contributed by atoms with van der Waals surface area (Å²) in [4.78, 5) is 2.53. The van der Waals surface area contributed by atoms with Crippen LogP contribution in [-0.4, -0.2) is 20.2 Å². The Morgan fingerprint density at radius 1 is 1.27 bits per heavy atom. The Labute approximate surface area is 90.2 Å². The van der Waals surface area contributed by atoms with Gasteiger partial charge in [-0.2, -0.15) is 4.80 Å². The van der Waals surface area contributed by atoms with Gasteiger partial charge in [-0.1, -0.05) is 18.2 Å². The van der Waals surface area contributed by atoms with Crippen molar-refractivity contribution in [2.75, 3.05) is 0 Å². The summed E-state index contributed by atoms with van der Waals surface area (Å²) in [6.45, 7) is 0. The summed E-state index contributed by atoms with van der Waals surface area (Å²) in [5.74, 6) is 0.693. The van der Waals surface area contributed by atoms with Crippen molar-refractivity contribution in [3.63, 3.8) is 0 Å². The molecule has 0 spiro atoms. The van der Waals surface area contributed by atoms with Crippen molar-refractivity contribution >= 4 is 21.4 Å². The Morgan fingerprint density at radius 3 is 2.87 bits per heavy atom. The quantitative estimate of drug-likeness (QED) is 0.625. The van der Waals surface area contributed by atoms with E-state index in [0.29, 0.717) is 5.82 Å². The third kappa shape index (κ3) is 1.41. The summed E-state index contributed by atoms with van der Waals surface area (Å²) < 4.78 is 1.25. The van der Waals surface area contributed by atoms with Crippen molar-refractivity contribution in [2.45, 2.75) is 0 Å². The minimum absolute atomic E-state index is 0.693. The molecule has 0 aliphatic carbocycles. The van der Waals surface area contributed by atoms with Crippen molar-refractivity contribution in [1.29, 1.82) is 0 Å². The second kappa shape index (κ2) is 3.13. The number of tetrazole rings is 1. The molecular weight excluding hydrogens is 208 g/mol. The molecule has 0 bridgehead atoms. The second-order valence-electron chi connectivity index (χ2n) is 3.25. The molecule has 74 valence electrons. The highest BCUT2D eigenvalue weighted by molar-refractivity contribution is 7.22. The number of hydrogen-bond acceptors (Lipinski definition) is 4. The third-order valence-corrected chi connectivity index (χ3v) is 3.27. The van der Waals surface area contributed by atoms with Crippen LogP contribution < -0.4 is 0 Å². The predicted molar refractivity (Wildman–Crippen MR) is 59.6 cm³/mol. The predicted octanol–water partition coefficient (Wildman–Crippen LogP) is 2.09. The molecule has 0 fully saturated rings. The number of thiophene rings is 1. The minimum Gasteiger partial charge on any atom is -0.167 e. The number of rotatable bonds is 1. The molecule has 0 saturated carbocycles. The van der Waals surface area contributed by atoms with Crippen LogP contribution >= 0.6 is 11.3 Å². The lowest BCUT2D eigenvalue weighted by Crippen LogP contribution is -1.91. The van der Waals surface area contributed by atoms with Crippen molar-refractivity contribution in [2.24, 2.45) is 7.05 Å². The first kappa shape index (κ1) is 8.55. The summed E-state index contributed by atoms with van der Waals surface area (Å²) in [6, 6.07) is 10.3. The molecule has 0 saturated heterocycles. The Kier molecular flexibility index (Phi) is 1.78. The number of fused-ring (bicyclic) bond motifs is 1. The molecule has 0 amide bonds. The molecule has 4 nitrogen and oxygen atoms in total. The fourth-order valence-electron chi connectivity index (χ4n) is 1.47. The van der Waals surface area contributed by atoms with Gasteiger partial charge in [0.25, 0.3) is 0 Å². The molecule has 0 atom stereocenters. The van der Waals surface area contributed by atoms with E-state index >= 15 is 0 Å². The SMILES string of the molecule is Cn1nnc(-c2cc3ccccc3s2)n1. The van der Waals surface area contributed by atoms with Gasteiger partial charge in [0.05, 0.1) is 11.9 Å². The van der Waals surface area contributed by atoms with Crippen LogP contribution in [0.1, 0.15) is 0 Å². The van der Waals surface area contributed by atoms with Crippen molar-refractivity contribution in [3.8, 4) is 10.7 Å². The van der Waals surface area contributed by atoms with Crippen LogP contribution in [0.15, 0.2) is 30.3 Å². The molecule has 5 heteroatoms. The van der Waals surface area contributed by atoms with E-state index in [1.165, 1.54) is 14.9 Å². The van der Waals surface area contributed by atoms with E-state index in [1.54, 1.807) is 18.4 Å². The number of aromatic nitrogens is 4. The Bertz CT molecular complexity index is 577. The number of benzene rings is 1. The molecule has 15 heavy (non-hydrogen) atoms. The van der Waals surface area contributed by atoms with E-state index in [2.05, 4.69) is 33.6 Å². The van der Waals surface area contributed by atoms with Crippen LogP contribution in [0.3, 0.4) is 0 Å². The number of hydrogen-bond donors (Lipinski definition) is 0. The maximum atomic E-state index is 4.18. The maximum Gasteiger partial charge on any atom is 0.214 e. The minimum atomic E-state index is 0.693. The van der Waals surface area contributed by atoms with E-state index in [0.717, 1.165) is 4.88 Å². The van der Waals surface area contributed by atoms with Crippen LogP contribution in [-0.2, 0) is 7.05 Å². The van der Waals surface area contributed by atoms with Crippen LogP contribution in [0.5, 0.6) is 0 Å². The van der Waals surface area contributed by atoms with Crippen LogP contribution in [0.2, 0.25) is 0 Å². The topological polar surface area (TPSA) is 43.6 Å². The molecule has 3 aromatic rings. The van der Waals surface area contributed by atoms with Gasteiger partial charge in [0.15, 0.2) is 0 Å². The Hall–Kier alpha value is -1.75. The standard InChI is InChI=1S/C10H8N4S/c1-14-12-10(11-13-14)9-6-7-4-2-3-5-8(7)15-9/h2-6H,1H3. The molecule has 0 N–H and O–H groups in total. The number of nitrogens with zero attached hydrogens (tertiary/aromatic N) is 4. The molecule has 0 aliphatic heterocycles. The van der Waals surface area contributed by atoms with Crippen LogP contribution in [0, 0.1) is 0 Å². The average Bonchev–Trinajstić information content (AvgIpc) is 2.82. The average molecular weight is 216 g/mol. The highest BCUT2D eigenvalue weighted by atomic mass is 32.1. The third-order valence-electron chi connectivity index (χ3n) is 2.15. The molecule has 0 unspecified atom stereocenters. The monoisotopic (exact) mass is 216 g/mol. The summed E-state index contributed by atoms with van der Waals surface area (Å²) in [5, 5.41) is 13.2. The van der Waals surface area contributed by atoms with E-state index in [4.69, 9.17) is 0 Å². The molecule has 0 radical (unpaired) electrons. The van der Waals surface area contributed by atoms with Crippen LogP contribution in [0.4, 0.5) is 0 Å². The van der Waals surface area contributed by atoms with Crippen molar-refractivity contribution in [3.05, 3.63) is 30.3 Å². The van der Waals surface area contributed by atoms with E-state index in [9.17, 15) is 0 Å². The zero-order valence-corrected chi connectivity index (χ0v) is 8.90. The largest absolute Gasteiger partial charge is 0.214 e. The zero-order chi connectivity index (χ0) is 10.3. The van der Waals surface area contributed by atoms with Gasteiger partial charge in [-0.3, -0.25) is 0 Å². The molecule has 2 heterocycles. The van der Waals surface area contributed by atoms with Gasteiger partial charge in [-0.25, -0.2) is 0 Å². The van der Waals surface area contributed by atoms with Crippen molar-refractivity contribution in [1.82, 2.24) is 20.2 Å².